The van der Waals surface area contributed by atoms with E-state index in [1.54, 1.807) is 30.3 Å². The van der Waals surface area contributed by atoms with Crippen molar-refractivity contribution in [2.75, 3.05) is 5.75 Å². The quantitative estimate of drug-likeness (QED) is 0.759. The summed E-state index contributed by atoms with van der Waals surface area (Å²) in [6.07, 6.45) is 4.75. The zero-order valence-corrected chi connectivity index (χ0v) is 17.6. The maximum absolute atomic E-state index is 12.9. The van der Waals surface area contributed by atoms with Gasteiger partial charge in [0, 0.05) is 21.1 Å². The van der Waals surface area contributed by atoms with Crippen LogP contribution in [-0.4, -0.2) is 25.6 Å². The van der Waals surface area contributed by atoms with Crippen molar-refractivity contribution in [2.45, 2.75) is 49.0 Å². The van der Waals surface area contributed by atoms with Crippen LogP contribution in [0, 0.1) is 0 Å². The number of benzene rings is 2. The van der Waals surface area contributed by atoms with Gasteiger partial charge in [0.25, 0.3) is 5.91 Å². The predicted molar refractivity (Wildman–Crippen MR) is 111 cm³/mol. The van der Waals surface area contributed by atoms with Crippen LogP contribution in [0.4, 0.5) is 0 Å². The third kappa shape index (κ3) is 3.80. The molecule has 0 spiro atoms. The number of carbonyl (C=O) groups is 1. The van der Waals surface area contributed by atoms with E-state index in [2.05, 4.69) is 5.32 Å². The number of hydrogen-bond donors (Lipinski definition) is 1. The molecule has 148 valence electrons. The van der Waals surface area contributed by atoms with Gasteiger partial charge in [-0.05, 0) is 80.0 Å². The number of hydrogen-bond acceptors (Lipinski definition) is 3. The highest BCUT2D eigenvalue weighted by molar-refractivity contribution is 7.91. The average Bonchev–Trinajstić information content (AvgIpc) is 2.61. The average molecular weight is 438 g/mol. The standard InChI is InChI=1S/C21H21Cl2NO3S/c22-17-6-4-16(18(23)12-17)13-21(8-2-9-21)24-20(25)15-5-7-19-14(11-15)3-1-10-28(19,26)27/h4-7,11-12H,1-3,8-10,13H2,(H,24,25). The highest BCUT2D eigenvalue weighted by atomic mass is 35.5. The number of nitrogens with one attached hydrogen (secondary N) is 1. The second-order valence-electron chi connectivity index (χ2n) is 7.75. The molecule has 28 heavy (non-hydrogen) atoms. The summed E-state index contributed by atoms with van der Waals surface area (Å²) in [6, 6.07) is 10.3. The van der Waals surface area contributed by atoms with Crippen LogP contribution in [0.5, 0.6) is 0 Å². The van der Waals surface area contributed by atoms with E-state index >= 15 is 0 Å². The summed E-state index contributed by atoms with van der Waals surface area (Å²) in [7, 11) is -3.22. The van der Waals surface area contributed by atoms with E-state index in [9.17, 15) is 13.2 Å². The molecule has 1 heterocycles. The van der Waals surface area contributed by atoms with Crippen LogP contribution in [0.25, 0.3) is 0 Å². The first-order valence-corrected chi connectivity index (χ1v) is 11.8. The molecular weight excluding hydrogens is 417 g/mol. The first-order chi connectivity index (χ1) is 13.3. The second kappa shape index (κ2) is 7.36. The minimum Gasteiger partial charge on any atom is -0.346 e. The van der Waals surface area contributed by atoms with Crippen molar-refractivity contribution in [1.29, 1.82) is 0 Å². The molecule has 1 saturated carbocycles. The molecule has 2 aliphatic rings. The number of amides is 1. The van der Waals surface area contributed by atoms with Crippen molar-refractivity contribution >= 4 is 38.9 Å². The Hall–Kier alpha value is -1.56. The van der Waals surface area contributed by atoms with Crippen LogP contribution >= 0.6 is 23.2 Å². The van der Waals surface area contributed by atoms with E-state index in [0.717, 1.165) is 30.4 Å². The van der Waals surface area contributed by atoms with Gasteiger partial charge in [0.1, 0.15) is 0 Å². The van der Waals surface area contributed by atoms with Crippen molar-refractivity contribution in [3.8, 4) is 0 Å². The molecule has 0 aromatic heterocycles. The lowest BCUT2D eigenvalue weighted by Gasteiger charge is -2.43. The monoisotopic (exact) mass is 437 g/mol. The number of fused-ring (bicyclic) bond motifs is 1. The van der Waals surface area contributed by atoms with Crippen LogP contribution in [0.15, 0.2) is 41.3 Å². The first-order valence-electron chi connectivity index (χ1n) is 9.40. The molecule has 1 aliphatic carbocycles. The predicted octanol–water partition coefficient (Wildman–Crippen LogP) is 4.61. The fraction of sp³-hybridized carbons (Fsp3) is 0.381. The molecule has 0 unspecified atom stereocenters. The summed E-state index contributed by atoms with van der Waals surface area (Å²) in [5, 5.41) is 4.38. The molecule has 4 nitrogen and oxygen atoms in total. The van der Waals surface area contributed by atoms with Gasteiger partial charge < -0.3 is 5.32 Å². The summed E-state index contributed by atoms with van der Waals surface area (Å²) >= 11 is 12.3. The van der Waals surface area contributed by atoms with E-state index in [0.29, 0.717) is 39.8 Å². The van der Waals surface area contributed by atoms with Gasteiger partial charge in [0.15, 0.2) is 9.84 Å². The second-order valence-corrected chi connectivity index (χ2v) is 10.7. The zero-order valence-electron chi connectivity index (χ0n) is 15.3. The number of aryl methyl sites for hydroxylation is 1. The van der Waals surface area contributed by atoms with Crippen molar-refractivity contribution in [2.24, 2.45) is 0 Å². The molecule has 7 heteroatoms. The molecule has 1 N–H and O–H groups in total. The van der Waals surface area contributed by atoms with Gasteiger partial charge in [-0.25, -0.2) is 8.42 Å². The molecule has 0 saturated heterocycles. The molecule has 4 rings (SSSR count). The van der Waals surface area contributed by atoms with Gasteiger partial charge in [-0.3, -0.25) is 4.79 Å². The minimum atomic E-state index is -3.22. The van der Waals surface area contributed by atoms with E-state index in [-0.39, 0.29) is 17.2 Å². The summed E-state index contributed by atoms with van der Waals surface area (Å²) in [4.78, 5) is 13.3. The lowest BCUT2D eigenvalue weighted by atomic mass is 9.72. The maximum atomic E-state index is 12.9. The van der Waals surface area contributed by atoms with Crippen LogP contribution < -0.4 is 5.32 Å². The van der Waals surface area contributed by atoms with Crippen molar-refractivity contribution in [3.63, 3.8) is 0 Å². The molecule has 1 fully saturated rings. The molecule has 1 aliphatic heterocycles. The van der Waals surface area contributed by atoms with Gasteiger partial charge in [0.05, 0.1) is 10.6 Å². The third-order valence-electron chi connectivity index (χ3n) is 5.75. The Morgan fingerprint density at radius 1 is 1.07 bits per heavy atom. The number of halogens is 2. The number of sulfone groups is 1. The molecule has 2 aromatic carbocycles. The largest absolute Gasteiger partial charge is 0.346 e. The molecule has 0 radical (unpaired) electrons. The fourth-order valence-corrected chi connectivity index (χ4v) is 6.13. The van der Waals surface area contributed by atoms with Crippen molar-refractivity contribution in [1.82, 2.24) is 5.32 Å². The summed E-state index contributed by atoms with van der Waals surface area (Å²) < 4.78 is 24.4. The summed E-state index contributed by atoms with van der Waals surface area (Å²) in [6.45, 7) is 0. The molecule has 2 aromatic rings. The van der Waals surface area contributed by atoms with Crippen molar-refractivity contribution in [3.05, 3.63) is 63.1 Å². The van der Waals surface area contributed by atoms with Crippen molar-refractivity contribution < 1.29 is 13.2 Å². The topological polar surface area (TPSA) is 63.2 Å². The van der Waals surface area contributed by atoms with Crippen LogP contribution in [0.1, 0.15) is 47.2 Å². The third-order valence-corrected chi connectivity index (χ3v) is 8.23. The van der Waals surface area contributed by atoms with Crippen LogP contribution in [-0.2, 0) is 22.7 Å². The zero-order chi connectivity index (χ0) is 19.9. The molecule has 0 bridgehead atoms. The molecule has 1 amide bonds. The van der Waals surface area contributed by atoms with E-state index in [1.165, 1.54) is 0 Å². The normalized spacial score (nSPS) is 19.4. The smallest absolute Gasteiger partial charge is 0.251 e. The Bertz CT molecular complexity index is 1050. The lowest BCUT2D eigenvalue weighted by Crippen LogP contribution is -2.55. The molecule has 0 atom stereocenters. The molecular formula is C21H21Cl2NO3S. The highest BCUT2D eigenvalue weighted by Gasteiger charge is 2.39. The van der Waals surface area contributed by atoms with E-state index in [1.807, 2.05) is 6.07 Å². The Labute approximate surface area is 175 Å². The van der Waals surface area contributed by atoms with E-state index in [4.69, 9.17) is 23.2 Å². The van der Waals surface area contributed by atoms with Crippen LogP contribution in [0.2, 0.25) is 10.0 Å². The number of carbonyl (C=O) groups excluding carboxylic acids is 1. The highest BCUT2D eigenvalue weighted by Crippen LogP contribution is 2.37. The minimum absolute atomic E-state index is 0.171. The Balaban J connectivity index is 1.55. The first kappa shape index (κ1) is 19.7. The van der Waals surface area contributed by atoms with Gasteiger partial charge in [-0.15, -0.1) is 0 Å². The SMILES string of the molecule is O=C(NC1(Cc2ccc(Cl)cc2Cl)CCC1)c1ccc2c(c1)CCCS2(=O)=O. The van der Waals surface area contributed by atoms with E-state index < -0.39 is 9.84 Å². The van der Waals surface area contributed by atoms with Gasteiger partial charge in [-0.1, -0.05) is 29.3 Å². The van der Waals surface area contributed by atoms with Gasteiger partial charge in [0.2, 0.25) is 0 Å². The maximum Gasteiger partial charge on any atom is 0.251 e. The van der Waals surface area contributed by atoms with Gasteiger partial charge >= 0.3 is 0 Å². The van der Waals surface area contributed by atoms with Crippen LogP contribution in [0.3, 0.4) is 0 Å². The fourth-order valence-electron chi connectivity index (χ4n) is 4.07. The van der Waals surface area contributed by atoms with Gasteiger partial charge in [-0.2, -0.15) is 0 Å². The Morgan fingerprint density at radius 3 is 2.54 bits per heavy atom. The summed E-state index contributed by atoms with van der Waals surface area (Å²) in [5.74, 6) is 0.00631. The Kier molecular flexibility index (Phi) is 5.19. The Morgan fingerprint density at radius 2 is 1.86 bits per heavy atom. The number of rotatable bonds is 4. The summed E-state index contributed by atoms with van der Waals surface area (Å²) in [5.41, 5.74) is 1.88. The lowest BCUT2D eigenvalue weighted by molar-refractivity contribution is 0.0826.